The second-order valence-electron chi connectivity index (χ2n) is 15.0. The van der Waals surface area contributed by atoms with Gasteiger partial charge in [0.25, 0.3) is 5.91 Å². The van der Waals surface area contributed by atoms with Gasteiger partial charge in [0.05, 0.1) is 28.8 Å². The fraction of sp³-hybridized carbons (Fsp3) is 0.286. The summed E-state index contributed by atoms with van der Waals surface area (Å²) in [7, 11) is -0.294. The lowest BCUT2D eigenvalue weighted by atomic mass is 9.88. The molecule has 20 heteroatoms. The molecule has 1 unspecified atom stereocenters. The second-order valence-corrected chi connectivity index (χ2v) is 16.5. The number of rotatable bonds is 15. The first-order valence-electron chi connectivity index (χ1n) is 19.8. The molecule has 0 spiro atoms. The molecule has 0 bridgehead atoms. The Labute approximate surface area is 356 Å². The number of halogens is 2. The number of likely N-dealkylation sites (tertiary alicyclic amines) is 1. The van der Waals surface area contributed by atoms with Crippen molar-refractivity contribution in [1.29, 1.82) is 0 Å². The van der Waals surface area contributed by atoms with Gasteiger partial charge in [-0.2, -0.15) is 19.7 Å². The maximum absolute atomic E-state index is 16.1. The van der Waals surface area contributed by atoms with E-state index in [1.807, 2.05) is 13.8 Å². The van der Waals surface area contributed by atoms with E-state index in [2.05, 4.69) is 52.9 Å². The van der Waals surface area contributed by atoms with Crippen LogP contribution in [0.15, 0.2) is 95.9 Å². The average molecular weight is 867 g/mol. The van der Waals surface area contributed by atoms with Crippen molar-refractivity contribution < 1.29 is 32.7 Å². The van der Waals surface area contributed by atoms with E-state index < -0.39 is 28.3 Å². The van der Waals surface area contributed by atoms with Crippen molar-refractivity contribution in [2.45, 2.75) is 60.8 Å². The van der Waals surface area contributed by atoms with Gasteiger partial charge in [-0.15, -0.1) is 5.10 Å². The van der Waals surface area contributed by atoms with Crippen LogP contribution in [0.4, 0.5) is 26.2 Å². The molecule has 5 heterocycles. The molecule has 1 saturated heterocycles. The summed E-state index contributed by atoms with van der Waals surface area (Å²) in [5, 5.41) is 47.4. The predicted molar refractivity (Wildman–Crippen MR) is 227 cm³/mol. The first-order valence-corrected chi connectivity index (χ1v) is 21.0. The number of aromatic nitrogens is 8. The number of aryl methyl sites for hydroxylation is 1. The third-order valence-electron chi connectivity index (χ3n) is 10.6. The number of amides is 1. The predicted octanol–water partition coefficient (Wildman–Crippen LogP) is 5.41. The fourth-order valence-electron chi connectivity index (χ4n) is 7.52. The van der Waals surface area contributed by atoms with Crippen LogP contribution in [0.3, 0.4) is 0 Å². The highest BCUT2D eigenvalue weighted by Gasteiger charge is 2.38. The summed E-state index contributed by atoms with van der Waals surface area (Å²) in [6.45, 7) is 8.12. The van der Waals surface area contributed by atoms with Gasteiger partial charge in [-0.25, -0.2) is 22.9 Å². The number of ether oxygens (including phenoxy) is 1. The molecule has 0 saturated carbocycles. The molecule has 1 fully saturated rings. The molecule has 1 aliphatic heterocycles. The van der Waals surface area contributed by atoms with Crippen molar-refractivity contribution in [2.24, 2.45) is 7.05 Å². The molecule has 4 aromatic heterocycles. The van der Waals surface area contributed by atoms with Crippen molar-refractivity contribution in [1.82, 2.24) is 49.8 Å². The first kappa shape index (κ1) is 42.1. The highest BCUT2D eigenvalue weighted by atomic mass is 32.2. The molecule has 7 aromatic rings. The quantitative estimate of drug-likeness (QED) is 0.0563. The Morgan fingerprint density at radius 1 is 1.11 bits per heavy atom. The van der Waals surface area contributed by atoms with E-state index in [-0.39, 0.29) is 75.8 Å². The van der Waals surface area contributed by atoms with Gasteiger partial charge in [0, 0.05) is 65.6 Å². The summed E-state index contributed by atoms with van der Waals surface area (Å²) in [4.78, 5) is 23.3. The van der Waals surface area contributed by atoms with Gasteiger partial charge in [-0.05, 0) is 80.8 Å². The van der Waals surface area contributed by atoms with Crippen molar-refractivity contribution in [2.75, 3.05) is 30.3 Å². The van der Waals surface area contributed by atoms with Crippen LogP contribution in [-0.4, -0.2) is 90.5 Å². The van der Waals surface area contributed by atoms with Gasteiger partial charge in [0.15, 0.2) is 17.4 Å². The normalized spacial score (nSPS) is 14.4. The minimum atomic E-state index is -2.45. The van der Waals surface area contributed by atoms with Crippen molar-refractivity contribution in [3.8, 4) is 17.0 Å². The van der Waals surface area contributed by atoms with Crippen LogP contribution in [0.2, 0.25) is 0 Å². The number of anilines is 3. The number of hydrogen-bond acceptors (Lipinski definition) is 13. The Morgan fingerprint density at radius 3 is 2.63 bits per heavy atom. The van der Waals surface area contributed by atoms with Crippen molar-refractivity contribution in [3.63, 3.8) is 0 Å². The van der Waals surface area contributed by atoms with Crippen LogP contribution in [0, 0.1) is 11.6 Å². The molecule has 1 aliphatic rings. The number of fused-ring (bicyclic) bond motifs is 2. The van der Waals surface area contributed by atoms with E-state index in [9.17, 15) is 19.2 Å². The maximum atomic E-state index is 16.1. The molecule has 3 aromatic carbocycles. The van der Waals surface area contributed by atoms with E-state index >= 15 is 8.78 Å². The largest absolute Gasteiger partial charge is 0.485 e. The van der Waals surface area contributed by atoms with Gasteiger partial charge < -0.3 is 30.9 Å². The lowest BCUT2D eigenvalue weighted by Crippen LogP contribution is -2.49. The zero-order valence-electron chi connectivity index (χ0n) is 34.0. The van der Waals surface area contributed by atoms with Gasteiger partial charge in [0.2, 0.25) is 17.5 Å². The Bertz CT molecular complexity index is 2800. The van der Waals surface area contributed by atoms with E-state index in [4.69, 9.17) is 4.74 Å². The number of H-pyrrole nitrogens is 1. The number of hydrogen-bond donors (Lipinski definition) is 6. The summed E-state index contributed by atoms with van der Waals surface area (Å²) >= 11 is 0. The summed E-state index contributed by atoms with van der Waals surface area (Å²) in [6.07, 6.45) is 7.05. The Morgan fingerprint density at radius 2 is 1.90 bits per heavy atom. The molecule has 0 aliphatic carbocycles. The number of aromatic amines is 1. The average Bonchev–Trinajstić information content (AvgIpc) is 4.01. The van der Waals surface area contributed by atoms with E-state index in [0.717, 1.165) is 6.07 Å². The number of piperidine rings is 1. The van der Waals surface area contributed by atoms with Gasteiger partial charge in [0.1, 0.15) is 23.4 Å². The molecule has 0 radical (unpaired) electrons. The van der Waals surface area contributed by atoms with E-state index in [0.29, 0.717) is 53.0 Å². The number of benzene rings is 3. The van der Waals surface area contributed by atoms with Crippen molar-refractivity contribution in [3.05, 3.63) is 109 Å². The Balaban J connectivity index is 0.936. The smallest absolute Gasteiger partial charge is 0.253 e. The third kappa shape index (κ3) is 8.36. The summed E-state index contributed by atoms with van der Waals surface area (Å²) in [5.41, 5.74) is 2.37. The fourth-order valence-corrected chi connectivity index (χ4v) is 8.63. The first-order chi connectivity index (χ1) is 29.8. The lowest BCUT2D eigenvalue weighted by Gasteiger charge is -2.40. The highest BCUT2D eigenvalue weighted by Crippen LogP contribution is 2.38. The SMILES string of the molecule is C=CNCCC(=O)Nc1nn(C)c2c(F)c(C3CCN(C(O)(O)c4cccc(S(=O)c5ccc(Nc6nc7c(OC(C)C)c(-c8cn[nH]c8)ncn7n6)c(F)c5)c4)CC3)ccc12. The maximum Gasteiger partial charge on any atom is 0.253 e. The van der Waals surface area contributed by atoms with Crippen LogP contribution in [0.1, 0.15) is 50.2 Å². The van der Waals surface area contributed by atoms with E-state index in [1.54, 1.807) is 43.7 Å². The third-order valence-corrected chi connectivity index (χ3v) is 11.9. The number of carbonyl (C=O) groups excluding carboxylic acids is 1. The number of carbonyl (C=O) groups is 1. The van der Waals surface area contributed by atoms with Crippen LogP contribution in [-0.2, 0) is 28.6 Å². The van der Waals surface area contributed by atoms with E-state index in [1.165, 1.54) is 50.9 Å². The van der Waals surface area contributed by atoms with Crippen LogP contribution >= 0.6 is 0 Å². The highest BCUT2D eigenvalue weighted by molar-refractivity contribution is 7.85. The molecule has 6 N–H and O–H groups in total. The number of aliphatic hydroxyl groups is 2. The molecule has 8 rings (SSSR count). The van der Waals surface area contributed by atoms with Gasteiger partial charge in [-0.3, -0.25) is 14.6 Å². The summed E-state index contributed by atoms with van der Waals surface area (Å²) < 4.78 is 54.3. The molecular formula is C42H44F2N12O5S. The second kappa shape index (κ2) is 17.4. The lowest BCUT2D eigenvalue weighted by molar-refractivity contribution is -0.279. The summed E-state index contributed by atoms with van der Waals surface area (Å²) in [5.74, 6) is -3.40. The minimum absolute atomic E-state index is 0.0275. The Hall–Kier alpha value is -6.61. The molecule has 322 valence electrons. The molecule has 1 atom stereocenters. The van der Waals surface area contributed by atoms with Crippen LogP contribution in [0.5, 0.6) is 5.75 Å². The molecule has 17 nitrogen and oxygen atoms in total. The number of nitrogens with zero attached hydrogens (tertiary/aromatic N) is 8. The van der Waals surface area contributed by atoms with Crippen molar-refractivity contribution >= 4 is 50.7 Å². The van der Waals surface area contributed by atoms with Gasteiger partial charge >= 0.3 is 0 Å². The molecule has 62 heavy (non-hydrogen) atoms. The van der Waals surface area contributed by atoms with Gasteiger partial charge in [-0.1, -0.05) is 24.8 Å². The Kier molecular flexibility index (Phi) is 11.8. The van der Waals surface area contributed by atoms with Crippen LogP contribution < -0.4 is 20.7 Å². The molecular weight excluding hydrogens is 823 g/mol. The standard InChI is InChI=1S/C42H44F2N12O5S/c1-5-45-16-13-34(57)50-39-31-11-10-30(35(44)37(31)54(4)52-39)25-14-17-55(18-15-25)42(58,59)27-7-6-8-28(19-27)62(60)29-9-12-33(32(43)20-29)49-41-51-40-38(61-24(2)3)36(26-21-47-48-22-26)46-23-56(40)53-41/h5-12,19-25,45,58-59H,1,13-18H2,2-4H3,(H,47,48)(H,49,53)(H,50,52,57). The molecule has 1 amide bonds. The zero-order chi connectivity index (χ0) is 43.7. The number of nitrogens with one attached hydrogen (secondary N) is 4. The zero-order valence-corrected chi connectivity index (χ0v) is 34.8. The summed E-state index contributed by atoms with van der Waals surface area (Å²) in [6, 6.07) is 13.5. The monoisotopic (exact) mass is 866 g/mol. The van der Waals surface area contributed by atoms with Crippen LogP contribution in [0.25, 0.3) is 27.8 Å². The topological polar surface area (TPSA) is 213 Å². The minimum Gasteiger partial charge on any atom is -0.485 e.